The first-order chi connectivity index (χ1) is 12.3. The second-order valence-corrected chi connectivity index (χ2v) is 5.89. The van der Waals surface area contributed by atoms with Gasteiger partial charge in [-0.2, -0.15) is 13.2 Å². The molecule has 0 bridgehead atoms. The van der Waals surface area contributed by atoms with Crippen LogP contribution in [0.3, 0.4) is 0 Å². The monoisotopic (exact) mass is 359 g/mol. The minimum Gasteiger partial charge on any atom is -0.385 e. The van der Waals surface area contributed by atoms with Crippen molar-refractivity contribution in [2.24, 2.45) is 0 Å². The van der Waals surface area contributed by atoms with Gasteiger partial charge < -0.3 is 16.1 Å². The molecule has 0 spiro atoms. The fourth-order valence-electron chi connectivity index (χ4n) is 2.22. The van der Waals surface area contributed by atoms with Crippen molar-refractivity contribution in [2.75, 3.05) is 11.9 Å². The fraction of sp³-hybridized carbons (Fsp3) is 0.200. The number of hydrogen-bond acceptors (Lipinski definition) is 3. The van der Waals surface area contributed by atoms with Crippen LogP contribution in [0.1, 0.15) is 23.1 Å². The average molecular weight is 359 g/mol. The Bertz CT molecular complexity index is 789. The largest absolute Gasteiger partial charge is 0.416 e. The molecule has 0 aliphatic carbocycles. The van der Waals surface area contributed by atoms with Gasteiger partial charge in [0.2, 0.25) is 0 Å². The van der Waals surface area contributed by atoms with Crippen LogP contribution >= 0.6 is 0 Å². The highest BCUT2D eigenvalue weighted by molar-refractivity contribution is 6.09. The molecule has 3 N–H and O–H groups in total. The van der Waals surface area contributed by atoms with E-state index in [0.29, 0.717) is 24.2 Å². The first-order valence-electron chi connectivity index (χ1n) is 8.08. The fourth-order valence-corrected chi connectivity index (χ4v) is 2.22. The highest BCUT2D eigenvalue weighted by Gasteiger charge is 2.29. The first kappa shape index (κ1) is 19.4. The molecule has 0 atom stereocenters. The summed E-state index contributed by atoms with van der Waals surface area (Å²) in [5, 5.41) is 19.0. The molecule has 0 radical (unpaired) electrons. The molecule has 2 aromatic carbocycles. The molecule has 6 heteroatoms. The van der Waals surface area contributed by atoms with Crippen molar-refractivity contribution in [3.8, 4) is 0 Å². The quantitative estimate of drug-likeness (QED) is 0.565. The van der Waals surface area contributed by atoms with E-state index >= 15 is 0 Å². The molecule has 26 heavy (non-hydrogen) atoms. The van der Waals surface area contributed by atoms with Gasteiger partial charge in [-0.3, -0.25) is 0 Å². The molecule has 0 fully saturated rings. The van der Waals surface area contributed by atoms with E-state index in [0.717, 1.165) is 17.8 Å². The molecule has 2 aromatic rings. The number of rotatable bonds is 7. The summed E-state index contributed by atoms with van der Waals surface area (Å²) in [7, 11) is 0. The van der Waals surface area contributed by atoms with E-state index in [1.807, 2.05) is 31.2 Å². The summed E-state index contributed by atoms with van der Waals surface area (Å²) in [6, 6.07) is 12.4. The third-order valence-electron chi connectivity index (χ3n) is 3.75. The number of alkyl halides is 3. The molecule has 0 unspecified atom stereocenters. The number of halogens is 3. The average Bonchev–Trinajstić information content (AvgIpc) is 2.61. The van der Waals surface area contributed by atoms with Crippen LogP contribution in [0.2, 0.25) is 0 Å². The van der Waals surface area contributed by atoms with Crippen molar-refractivity contribution in [3.63, 3.8) is 0 Å². The normalized spacial score (nSPS) is 11.5. The van der Waals surface area contributed by atoms with Crippen molar-refractivity contribution >= 4 is 17.1 Å². The lowest BCUT2D eigenvalue weighted by Crippen LogP contribution is -2.07. The van der Waals surface area contributed by atoms with Crippen LogP contribution < -0.4 is 5.32 Å². The van der Waals surface area contributed by atoms with Crippen LogP contribution in [0.5, 0.6) is 0 Å². The molecule has 0 heterocycles. The molecule has 0 saturated heterocycles. The van der Waals surface area contributed by atoms with E-state index in [1.165, 1.54) is 29.8 Å². The Kier molecular flexibility index (Phi) is 6.33. The third kappa shape index (κ3) is 5.88. The summed E-state index contributed by atoms with van der Waals surface area (Å²) in [4.78, 5) is 0. The molecular weight excluding hydrogens is 339 g/mol. The molecule has 136 valence electrons. The molecule has 0 aromatic heterocycles. The number of allylic oxidation sites excluding steroid dienone is 2. The molecular formula is C20H20F3N3. The van der Waals surface area contributed by atoms with Crippen LogP contribution in [0.15, 0.2) is 60.7 Å². The van der Waals surface area contributed by atoms with E-state index < -0.39 is 11.7 Å². The van der Waals surface area contributed by atoms with Gasteiger partial charge >= 0.3 is 6.18 Å². The van der Waals surface area contributed by atoms with Gasteiger partial charge in [-0.15, -0.1) is 0 Å². The van der Waals surface area contributed by atoms with Crippen molar-refractivity contribution in [3.05, 3.63) is 77.4 Å². The van der Waals surface area contributed by atoms with Crippen LogP contribution in [0.4, 0.5) is 18.9 Å². The third-order valence-corrected chi connectivity index (χ3v) is 3.75. The topological polar surface area (TPSA) is 59.7 Å². The Balaban J connectivity index is 1.83. The minimum absolute atomic E-state index is 0.0648. The highest BCUT2D eigenvalue weighted by Crippen LogP contribution is 2.29. The maximum atomic E-state index is 12.5. The Morgan fingerprint density at radius 3 is 2.15 bits per heavy atom. The lowest BCUT2D eigenvalue weighted by Gasteiger charge is -2.07. The van der Waals surface area contributed by atoms with E-state index in [2.05, 4.69) is 5.32 Å². The molecule has 0 aliphatic rings. The van der Waals surface area contributed by atoms with E-state index in [4.69, 9.17) is 10.8 Å². The Labute approximate surface area is 150 Å². The van der Waals surface area contributed by atoms with Crippen LogP contribution in [-0.2, 0) is 6.18 Å². The van der Waals surface area contributed by atoms with Gasteiger partial charge in [-0.1, -0.05) is 29.8 Å². The molecule has 0 saturated carbocycles. The minimum atomic E-state index is -4.39. The zero-order valence-corrected chi connectivity index (χ0v) is 14.3. The van der Waals surface area contributed by atoms with Crippen LogP contribution in [0, 0.1) is 17.7 Å². The predicted octanol–water partition coefficient (Wildman–Crippen LogP) is 5.46. The van der Waals surface area contributed by atoms with Crippen molar-refractivity contribution < 1.29 is 13.2 Å². The summed E-state index contributed by atoms with van der Waals surface area (Å²) in [6.07, 6.45) is -0.985. The maximum Gasteiger partial charge on any atom is 0.416 e. The standard InChI is InChI=1S/C20H20F3N3/c1-14-2-9-18(10-3-14)26-13-12-17(24)8-11-19(25)15-4-6-16(7-5-15)20(21,22)23/h2-11,24-26H,12-13H2,1H3/b11-8-,24-17?,25-19?. The van der Waals surface area contributed by atoms with E-state index in [1.54, 1.807) is 0 Å². The second-order valence-electron chi connectivity index (χ2n) is 5.89. The summed E-state index contributed by atoms with van der Waals surface area (Å²) in [6.45, 7) is 2.59. The lowest BCUT2D eigenvalue weighted by molar-refractivity contribution is -0.137. The zero-order chi connectivity index (χ0) is 19.2. The van der Waals surface area contributed by atoms with Crippen LogP contribution in [-0.4, -0.2) is 18.0 Å². The van der Waals surface area contributed by atoms with Gasteiger partial charge in [0.15, 0.2) is 0 Å². The maximum absolute atomic E-state index is 12.5. The van der Waals surface area contributed by atoms with E-state index in [9.17, 15) is 13.2 Å². The number of hydrogen-bond donors (Lipinski definition) is 3. The second kappa shape index (κ2) is 8.47. The summed E-state index contributed by atoms with van der Waals surface area (Å²) >= 11 is 0. The number of benzene rings is 2. The van der Waals surface area contributed by atoms with Crippen molar-refractivity contribution in [2.45, 2.75) is 19.5 Å². The summed E-state index contributed by atoms with van der Waals surface area (Å²) in [5.41, 5.74) is 2.18. The zero-order valence-electron chi connectivity index (χ0n) is 14.3. The Hall–Kier alpha value is -2.89. The molecule has 3 nitrogen and oxygen atoms in total. The van der Waals surface area contributed by atoms with Gasteiger partial charge in [0.1, 0.15) is 0 Å². The molecule has 2 rings (SSSR count). The molecule has 0 amide bonds. The Morgan fingerprint density at radius 1 is 0.962 bits per heavy atom. The predicted molar refractivity (Wildman–Crippen MR) is 99.4 cm³/mol. The smallest absolute Gasteiger partial charge is 0.385 e. The van der Waals surface area contributed by atoms with Crippen LogP contribution in [0.25, 0.3) is 0 Å². The number of anilines is 1. The van der Waals surface area contributed by atoms with Gasteiger partial charge in [-0.05, 0) is 48.9 Å². The Morgan fingerprint density at radius 2 is 1.58 bits per heavy atom. The first-order valence-corrected chi connectivity index (χ1v) is 8.08. The van der Waals surface area contributed by atoms with Crippen molar-refractivity contribution in [1.82, 2.24) is 0 Å². The SMILES string of the molecule is Cc1ccc(NCCC(=N)/C=C\C(=N)c2ccc(C(F)(F)F)cc2)cc1. The van der Waals surface area contributed by atoms with E-state index in [-0.39, 0.29) is 5.71 Å². The summed E-state index contributed by atoms with van der Waals surface area (Å²) in [5.74, 6) is 0. The lowest BCUT2D eigenvalue weighted by atomic mass is 10.1. The van der Waals surface area contributed by atoms with Gasteiger partial charge in [0.05, 0.1) is 11.3 Å². The van der Waals surface area contributed by atoms with Gasteiger partial charge in [-0.25, -0.2) is 0 Å². The van der Waals surface area contributed by atoms with Crippen molar-refractivity contribution in [1.29, 1.82) is 10.8 Å². The van der Waals surface area contributed by atoms with Gasteiger partial charge in [0.25, 0.3) is 0 Å². The number of aryl methyl sites for hydroxylation is 1. The molecule has 0 aliphatic heterocycles. The number of nitrogens with one attached hydrogen (secondary N) is 3. The van der Waals surface area contributed by atoms with Gasteiger partial charge in [0, 0.05) is 24.4 Å². The summed E-state index contributed by atoms with van der Waals surface area (Å²) < 4.78 is 37.6. The highest BCUT2D eigenvalue weighted by atomic mass is 19.4.